The summed E-state index contributed by atoms with van der Waals surface area (Å²) >= 11 is 0. The molecule has 1 aliphatic heterocycles. The lowest BCUT2D eigenvalue weighted by Gasteiger charge is -2.27. The molecule has 1 saturated heterocycles. The molecule has 1 fully saturated rings. The summed E-state index contributed by atoms with van der Waals surface area (Å²) in [6, 6.07) is 19.4. The molecular formula is C21H28N2O2. The van der Waals surface area contributed by atoms with Crippen LogP contribution in [0, 0.1) is 0 Å². The molecular weight excluding hydrogens is 312 g/mol. The number of benzene rings is 2. The van der Waals surface area contributed by atoms with Gasteiger partial charge < -0.3 is 20.1 Å². The summed E-state index contributed by atoms with van der Waals surface area (Å²) in [5.74, 6) is 0.949. The first-order valence-corrected chi connectivity index (χ1v) is 9.10. The van der Waals surface area contributed by atoms with Crippen molar-refractivity contribution in [1.29, 1.82) is 0 Å². The molecule has 0 amide bonds. The molecule has 0 aliphatic carbocycles. The molecule has 1 heterocycles. The molecule has 2 unspecified atom stereocenters. The Morgan fingerprint density at radius 1 is 1.16 bits per heavy atom. The Balaban J connectivity index is 1.50. The zero-order chi connectivity index (χ0) is 17.3. The first-order valence-electron chi connectivity index (χ1n) is 9.10. The number of hydrogen-bond acceptors (Lipinski definition) is 4. The van der Waals surface area contributed by atoms with Crippen molar-refractivity contribution < 1.29 is 9.47 Å². The molecule has 2 atom stereocenters. The minimum absolute atomic E-state index is 0.418. The molecule has 134 valence electrons. The lowest BCUT2D eigenvalue weighted by Crippen LogP contribution is -2.44. The molecule has 3 rings (SSSR count). The van der Waals surface area contributed by atoms with Crippen molar-refractivity contribution in [3.05, 3.63) is 65.7 Å². The molecule has 2 aromatic rings. The van der Waals surface area contributed by atoms with Crippen LogP contribution in [0.25, 0.3) is 0 Å². The fourth-order valence-corrected chi connectivity index (χ4v) is 3.09. The molecule has 2 N–H and O–H groups in total. The molecule has 0 radical (unpaired) electrons. The van der Waals surface area contributed by atoms with E-state index in [2.05, 4.69) is 41.8 Å². The van der Waals surface area contributed by atoms with E-state index in [4.69, 9.17) is 9.47 Å². The average Bonchev–Trinajstić information content (AvgIpc) is 2.67. The minimum atomic E-state index is 0.418. The van der Waals surface area contributed by atoms with E-state index in [1.54, 1.807) is 0 Å². The van der Waals surface area contributed by atoms with Gasteiger partial charge in [-0.2, -0.15) is 0 Å². The smallest absolute Gasteiger partial charge is 0.124 e. The van der Waals surface area contributed by atoms with Crippen LogP contribution in [0.3, 0.4) is 0 Å². The van der Waals surface area contributed by atoms with Crippen molar-refractivity contribution in [1.82, 2.24) is 10.6 Å². The van der Waals surface area contributed by atoms with Crippen LogP contribution in [-0.2, 0) is 17.9 Å². The molecule has 4 nitrogen and oxygen atoms in total. The van der Waals surface area contributed by atoms with Gasteiger partial charge in [-0.25, -0.2) is 0 Å². The predicted molar refractivity (Wildman–Crippen MR) is 101 cm³/mol. The molecule has 1 aliphatic rings. The number of morpholine rings is 1. The topological polar surface area (TPSA) is 42.5 Å². The predicted octanol–water partition coefficient (Wildman–Crippen LogP) is 3.12. The zero-order valence-electron chi connectivity index (χ0n) is 14.9. The first-order chi connectivity index (χ1) is 12.3. The summed E-state index contributed by atoms with van der Waals surface area (Å²) in [5.41, 5.74) is 2.38. The fourth-order valence-electron chi connectivity index (χ4n) is 3.09. The minimum Gasteiger partial charge on any atom is -0.489 e. The van der Waals surface area contributed by atoms with Crippen molar-refractivity contribution in [3.8, 4) is 5.75 Å². The summed E-state index contributed by atoms with van der Waals surface area (Å²) in [6.45, 7) is 6.21. The van der Waals surface area contributed by atoms with E-state index in [1.165, 1.54) is 11.1 Å². The second kappa shape index (κ2) is 9.56. The van der Waals surface area contributed by atoms with E-state index in [0.29, 0.717) is 18.7 Å². The summed E-state index contributed by atoms with van der Waals surface area (Å²) in [5, 5.41) is 7.12. The molecule has 2 aromatic carbocycles. The normalized spacial score (nSPS) is 18.7. The Morgan fingerprint density at radius 3 is 2.76 bits per heavy atom. The number of hydrogen-bond donors (Lipinski definition) is 2. The molecule has 0 aromatic heterocycles. The Kier molecular flexibility index (Phi) is 6.86. The Morgan fingerprint density at radius 2 is 1.96 bits per heavy atom. The van der Waals surface area contributed by atoms with Gasteiger partial charge in [0.25, 0.3) is 0 Å². The Hall–Kier alpha value is -1.88. The second-order valence-corrected chi connectivity index (χ2v) is 6.63. The SMILES string of the molecule is CC(CC1COCCN1)NCc1ccccc1OCc1ccccc1. The summed E-state index contributed by atoms with van der Waals surface area (Å²) in [6.07, 6.45) is 1.06. The maximum atomic E-state index is 6.03. The van der Waals surface area contributed by atoms with E-state index >= 15 is 0 Å². The number of rotatable bonds is 8. The maximum absolute atomic E-state index is 6.03. The lowest BCUT2D eigenvalue weighted by molar-refractivity contribution is 0.0712. The number of ether oxygens (including phenoxy) is 2. The lowest BCUT2D eigenvalue weighted by atomic mass is 10.1. The van der Waals surface area contributed by atoms with Crippen LogP contribution in [0.2, 0.25) is 0 Å². The van der Waals surface area contributed by atoms with E-state index in [1.807, 2.05) is 30.3 Å². The van der Waals surface area contributed by atoms with Gasteiger partial charge in [0, 0.05) is 30.7 Å². The highest BCUT2D eigenvalue weighted by Gasteiger charge is 2.16. The van der Waals surface area contributed by atoms with Gasteiger partial charge in [-0.3, -0.25) is 0 Å². The van der Waals surface area contributed by atoms with Crippen LogP contribution in [0.1, 0.15) is 24.5 Å². The standard InChI is InChI=1S/C21H28N2O2/c1-17(13-20-16-24-12-11-22-20)23-14-19-9-5-6-10-21(19)25-15-18-7-3-2-4-8-18/h2-10,17,20,22-23H,11-16H2,1H3. The molecule has 0 bridgehead atoms. The van der Waals surface area contributed by atoms with E-state index in [9.17, 15) is 0 Å². The van der Waals surface area contributed by atoms with Crippen LogP contribution >= 0.6 is 0 Å². The van der Waals surface area contributed by atoms with Crippen LogP contribution < -0.4 is 15.4 Å². The van der Waals surface area contributed by atoms with E-state index in [0.717, 1.165) is 38.5 Å². The van der Waals surface area contributed by atoms with Gasteiger partial charge in [0.1, 0.15) is 12.4 Å². The van der Waals surface area contributed by atoms with Gasteiger partial charge in [0.05, 0.1) is 13.2 Å². The highest BCUT2D eigenvalue weighted by atomic mass is 16.5. The van der Waals surface area contributed by atoms with Gasteiger partial charge in [-0.15, -0.1) is 0 Å². The average molecular weight is 340 g/mol. The third-order valence-corrected chi connectivity index (χ3v) is 4.49. The Bertz CT molecular complexity index is 627. The van der Waals surface area contributed by atoms with Gasteiger partial charge in [-0.05, 0) is 25.0 Å². The van der Waals surface area contributed by atoms with Crippen LogP contribution in [0.4, 0.5) is 0 Å². The van der Waals surface area contributed by atoms with Crippen LogP contribution in [-0.4, -0.2) is 31.8 Å². The monoisotopic (exact) mass is 340 g/mol. The number of nitrogens with one attached hydrogen (secondary N) is 2. The highest BCUT2D eigenvalue weighted by Crippen LogP contribution is 2.19. The van der Waals surface area contributed by atoms with Crippen molar-refractivity contribution in [2.45, 2.75) is 38.6 Å². The van der Waals surface area contributed by atoms with Gasteiger partial charge >= 0.3 is 0 Å². The molecule has 4 heteroatoms. The summed E-state index contributed by atoms with van der Waals surface area (Å²) in [7, 11) is 0. The van der Waals surface area contributed by atoms with Crippen molar-refractivity contribution in [2.24, 2.45) is 0 Å². The largest absolute Gasteiger partial charge is 0.489 e. The van der Waals surface area contributed by atoms with Crippen LogP contribution in [0.5, 0.6) is 5.75 Å². The Labute approximate surface area is 150 Å². The fraction of sp³-hybridized carbons (Fsp3) is 0.429. The van der Waals surface area contributed by atoms with Crippen molar-refractivity contribution >= 4 is 0 Å². The molecule has 25 heavy (non-hydrogen) atoms. The highest BCUT2D eigenvalue weighted by molar-refractivity contribution is 5.33. The van der Waals surface area contributed by atoms with Crippen molar-refractivity contribution in [3.63, 3.8) is 0 Å². The van der Waals surface area contributed by atoms with Gasteiger partial charge in [-0.1, -0.05) is 48.5 Å². The maximum Gasteiger partial charge on any atom is 0.124 e. The van der Waals surface area contributed by atoms with Crippen molar-refractivity contribution in [2.75, 3.05) is 19.8 Å². The number of para-hydroxylation sites is 1. The molecule has 0 spiro atoms. The van der Waals surface area contributed by atoms with Crippen LogP contribution in [0.15, 0.2) is 54.6 Å². The third kappa shape index (κ3) is 5.85. The summed E-state index contributed by atoms with van der Waals surface area (Å²) in [4.78, 5) is 0. The van der Waals surface area contributed by atoms with Gasteiger partial charge in [0.15, 0.2) is 0 Å². The van der Waals surface area contributed by atoms with E-state index < -0.39 is 0 Å². The summed E-state index contributed by atoms with van der Waals surface area (Å²) < 4.78 is 11.6. The third-order valence-electron chi connectivity index (χ3n) is 4.49. The molecule has 0 saturated carbocycles. The second-order valence-electron chi connectivity index (χ2n) is 6.63. The van der Waals surface area contributed by atoms with Gasteiger partial charge in [0.2, 0.25) is 0 Å². The quantitative estimate of drug-likeness (QED) is 0.775. The zero-order valence-corrected chi connectivity index (χ0v) is 14.9. The first kappa shape index (κ1) is 17.9. The van der Waals surface area contributed by atoms with E-state index in [-0.39, 0.29) is 0 Å².